The fraction of sp³-hybridized carbons (Fsp3) is 0.389. The molecule has 0 fully saturated rings. The molecule has 2 aromatic rings. The number of carbonyl (C=O) groups excluding carboxylic acids is 1. The number of nitrogens with two attached hydrogens (primary N) is 1. The number of furan rings is 1. The molecule has 0 atom stereocenters. The first-order valence-corrected chi connectivity index (χ1v) is 8.61. The van der Waals surface area contributed by atoms with Gasteiger partial charge in [-0.3, -0.25) is 4.79 Å². The molecule has 0 bridgehead atoms. The Morgan fingerprint density at radius 3 is 2.54 bits per heavy atom. The molecule has 1 aromatic heterocycles. The van der Waals surface area contributed by atoms with Crippen LogP contribution in [0.3, 0.4) is 0 Å². The van der Waals surface area contributed by atoms with Gasteiger partial charge < -0.3 is 15.1 Å². The van der Waals surface area contributed by atoms with Crippen molar-refractivity contribution in [2.24, 2.45) is 11.1 Å². The Balaban J connectivity index is 0.00000288. The van der Waals surface area contributed by atoms with Gasteiger partial charge in [-0.2, -0.15) is 0 Å². The zero-order chi connectivity index (χ0) is 16.9. The second-order valence-corrected chi connectivity index (χ2v) is 7.45. The minimum atomic E-state index is -0.115. The fourth-order valence-corrected chi connectivity index (χ4v) is 3.17. The number of halogens is 1. The zero-order valence-corrected chi connectivity index (χ0v) is 16.0. The van der Waals surface area contributed by atoms with Crippen molar-refractivity contribution in [3.63, 3.8) is 0 Å². The Kier molecular flexibility index (Phi) is 7.87. The quantitative estimate of drug-likeness (QED) is 0.749. The van der Waals surface area contributed by atoms with Gasteiger partial charge in [-0.25, -0.2) is 0 Å². The molecule has 0 unspecified atom stereocenters. The summed E-state index contributed by atoms with van der Waals surface area (Å²) in [5, 5.41) is 0. The van der Waals surface area contributed by atoms with Crippen molar-refractivity contribution in [3.05, 3.63) is 54.0 Å². The van der Waals surface area contributed by atoms with Gasteiger partial charge in [-0.15, -0.1) is 24.2 Å². The Morgan fingerprint density at radius 2 is 1.92 bits per heavy atom. The minimum Gasteiger partial charge on any atom is -0.459 e. The molecule has 2 N–H and O–H groups in total. The van der Waals surface area contributed by atoms with Crippen molar-refractivity contribution >= 4 is 30.1 Å². The van der Waals surface area contributed by atoms with Gasteiger partial charge in [0.25, 0.3) is 5.91 Å². The summed E-state index contributed by atoms with van der Waals surface area (Å²) in [7, 11) is 1.79. The van der Waals surface area contributed by atoms with E-state index in [0.29, 0.717) is 24.6 Å². The van der Waals surface area contributed by atoms with E-state index in [-0.39, 0.29) is 23.7 Å². The van der Waals surface area contributed by atoms with Crippen LogP contribution in [0.2, 0.25) is 0 Å². The number of carbonyl (C=O) groups is 1. The van der Waals surface area contributed by atoms with E-state index in [1.165, 1.54) is 4.90 Å². The summed E-state index contributed by atoms with van der Waals surface area (Å²) in [4.78, 5) is 15.5. The summed E-state index contributed by atoms with van der Waals surface area (Å²) < 4.78 is 5.45. The fourth-order valence-electron chi connectivity index (χ4n) is 2.27. The maximum Gasteiger partial charge on any atom is 0.289 e. The van der Waals surface area contributed by atoms with Gasteiger partial charge in [0.15, 0.2) is 5.76 Å². The molecular formula is C18H25ClN2O2S. The Hall–Kier alpha value is -1.43. The Bertz CT molecular complexity index is 643. The van der Waals surface area contributed by atoms with Gasteiger partial charge in [0.1, 0.15) is 0 Å². The maximum atomic E-state index is 12.6. The molecule has 0 spiro atoms. The first kappa shape index (κ1) is 20.6. The number of benzene rings is 1. The highest BCUT2D eigenvalue weighted by Gasteiger charge is 2.25. The minimum absolute atomic E-state index is 0. The molecule has 0 aliphatic carbocycles. The summed E-state index contributed by atoms with van der Waals surface area (Å²) in [6.07, 6.45) is 1.58. The van der Waals surface area contributed by atoms with E-state index in [1.54, 1.807) is 30.0 Å². The normalized spacial score (nSPS) is 11.0. The Labute approximate surface area is 154 Å². The lowest BCUT2D eigenvalue weighted by Gasteiger charge is -2.28. The van der Waals surface area contributed by atoms with Crippen molar-refractivity contribution < 1.29 is 9.21 Å². The van der Waals surface area contributed by atoms with Crippen molar-refractivity contribution in [1.29, 1.82) is 0 Å². The number of rotatable bonds is 7. The van der Waals surface area contributed by atoms with E-state index in [2.05, 4.69) is 12.1 Å². The molecule has 1 aromatic carbocycles. The van der Waals surface area contributed by atoms with Crippen LogP contribution in [0.25, 0.3) is 0 Å². The second kappa shape index (κ2) is 9.16. The lowest BCUT2D eigenvalue weighted by molar-refractivity contribution is 0.0708. The molecular weight excluding hydrogens is 344 g/mol. The first-order valence-electron chi connectivity index (χ1n) is 7.63. The average molecular weight is 369 g/mol. The third-order valence-electron chi connectivity index (χ3n) is 3.64. The monoisotopic (exact) mass is 368 g/mol. The van der Waals surface area contributed by atoms with Crippen LogP contribution in [0, 0.1) is 5.41 Å². The van der Waals surface area contributed by atoms with E-state index in [4.69, 9.17) is 10.2 Å². The summed E-state index contributed by atoms with van der Waals surface area (Å²) in [6.45, 7) is 5.21. The third-order valence-corrected chi connectivity index (χ3v) is 4.70. The molecule has 0 radical (unpaired) electrons. The molecule has 0 aliphatic heterocycles. The second-order valence-electron chi connectivity index (χ2n) is 6.41. The summed E-state index contributed by atoms with van der Waals surface area (Å²) in [5.74, 6) is 1.03. The van der Waals surface area contributed by atoms with E-state index >= 15 is 0 Å². The van der Waals surface area contributed by atoms with Crippen LogP contribution < -0.4 is 5.73 Å². The van der Waals surface area contributed by atoms with Crippen LogP contribution >= 0.6 is 24.2 Å². The van der Waals surface area contributed by atoms with Crippen LogP contribution in [-0.2, 0) is 5.75 Å². The van der Waals surface area contributed by atoms with E-state index in [1.807, 2.05) is 38.1 Å². The van der Waals surface area contributed by atoms with Crippen LogP contribution in [0.1, 0.15) is 30.0 Å². The largest absolute Gasteiger partial charge is 0.459 e. The van der Waals surface area contributed by atoms with Crippen molar-refractivity contribution in [3.8, 4) is 0 Å². The smallest absolute Gasteiger partial charge is 0.289 e. The SMILES string of the molecule is CN(CC(C)(C)CN)C(=O)c1occc1CSc1ccccc1.Cl. The number of hydrogen-bond acceptors (Lipinski definition) is 4. The van der Waals surface area contributed by atoms with Crippen molar-refractivity contribution in [2.75, 3.05) is 20.1 Å². The first-order chi connectivity index (χ1) is 10.9. The molecule has 0 saturated carbocycles. The lowest BCUT2D eigenvalue weighted by Crippen LogP contribution is -2.39. The number of thioether (sulfide) groups is 1. The van der Waals surface area contributed by atoms with E-state index in [0.717, 1.165) is 5.56 Å². The molecule has 0 saturated heterocycles. The van der Waals surface area contributed by atoms with Gasteiger partial charge in [0.05, 0.1) is 6.26 Å². The highest BCUT2D eigenvalue weighted by atomic mass is 35.5. The molecule has 1 heterocycles. The molecule has 24 heavy (non-hydrogen) atoms. The topological polar surface area (TPSA) is 59.5 Å². The van der Waals surface area contributed by atoms with Crippen LogP contribution in [0.15, 0.2) is 52.0 Å². The number of amides is 1. The molecule has 132 valence electrons. The van der Waals surface area contributed by atoms with Gasteiger partial charge >= 0.3 is 0 Å². The standard InChI is InChI=1S/C18H24N2O2S.ClH/c1-18(2,12-19)13-20(3)17(21)16-14(9-10-22-16)11-23-15-7-5-4-6-8-15;/h4-10H,11-13,19H2,1-3H3;1H. The van der Waals surface area contributed by atoms with Crippen LogP contribution in [0.5, 0.6) is 0 Å². The zero-order valence-electron chi connectivity index (χ0n) is 14.3. The third kappa shape index (κ3) is 5.58. The molecule has 2 rings (SSSR count). The number of nitrogens with zero attached hydrogens (tertiary/aromatic N) is 1. The lowest BCUT2D eigenvalue weighted by atomic mass is 9.93. The molecule has 6 heteroatoms. The van der Waals surface area contributed by atoms with E-state index in [9.17, 15) is 4.79 Å². The van der Waals surface area contributed by atoms with Crippen LogP contribution in [-0.4, -0.2) is 30.9 Å². The molecule has 0 aliphatic rings. The van der Waals surface area contributed by atoms with Crippen molar-refractivity contribution in [2.45, 2.75) is 24.5 Å². The summed E-state index contributed by atoms with van der Waals surface area (Å²) >= 11 is 1.69. The molecule has 4 nitrogen and oxygen atoms in total. The maximum absolute atomic E-state index is 12.6. The molecule has 1 amide bonds. The summed E-state index contributed by atoms with van der Waals surface area (Å²) in [6, 6.07) is 12.0. The van der Waals surface area contributed by atoms with Gasteiger partial charge in [-0.1, -0.05) is 32.0 Å². The van der Waals surface area contributed by atoms with Crippen molar-refractivity contribution in [1.82, 2.24) is 4.90 Å². The van der Waals surface area contributed by atoms with E-state index < -0.39 is 0 Å². The predicted octanol–water partition coefficient (Wildman–Crippen LogP) is 4.05. The van der Waals surface area contributed by atoms with Gasteiger partial charge in [-0.05, 0) is 30.2 Å². The highest BCUT2D eigenvalue weighted by molar-refractivity contribution is 7.98. The predicted molar refractivity (Wildman–Crippen MR) is 102 cm³/mol. The van der Waals surface area contributed by atoms with Gasteiger partial charge in [0, 0.05) is 29.8 Å². The number of hydrogen-bond donors (Lipinski definition) is 1. The average Bonchev–Trinajstić information content (AvgIpc) is 3.01. The Morgan fingerprint density at radius 1 is 1.25 bits per heavy atom. The summed E-state index contributed by atoms with van der Waals surface area (Å²) in [5.41, 5.74) is 6.55. The van der Waals surface area contributed by atoms with Gasteiger partial charge in [0.2, 0.25) is 0 Å². The van der Waals surface area contributed by atoms with Crippen LogP contribution in [0.4, 0.5) is 0 Å². The highest BCUT2D eigenvalue weighted by Crippen LogP contribution is 2.26.